The van der Waals surface area contributed by atoms with Crippen LogP contribution in [0.1, 0.15) is 6.42 Å². The normalized spacial score (nSPS) is 17.2. The van der Waals surface area contributed by atoms with Crippen molar-refractivity contribution in [3.05, 3.63) is 42.0 Å². The summed E-state index contributed by atoms with van der Waals surface area (Å²) in [6, 6.07) is 8.04. The summed E-state index contributed by atoms with van der Waals surface area (Å²) < 4.78 is 25.7. The molecule has 0 unspecified atom stereocenters. The zero-order valence-electron chi connectivity index (χ0n) is 9.61. The molecular formula is C12H13NO4S. The Balaban J connectivity index is 2.28. The van der Waals surface area contributed by atoms with Crippen LogP contribution in [0.2, 0.25) is 0 Å². The average Bonchev–Trinajstić information content (AvgIpc) is 2.40. The fraction of sp³-hybridized carbons (Fsp3) is 0.250. The molecule has 0 amide bonds. The van der Waals surface area contributed by atoms with Gasteiger partial charge in [-0.3, -0.25) is 0 Å². The van der Waals surface area contributed by atoms with E-state index >= 15 is 0 Å². The van der Waals surface area contributed by atoms with Crippen LogP contribution in [0.4, 0.5) is 0 Å². The molecule has 6 heteroatoms. The molecule has 1 N–H and O–H groups in total. The summed E-state index contributed by atoms with van der Waals surface area (Å²) in [7, 11) is -3.60. The SMILES string of the molecule is O=C(O)C1=CCCN(S(=O)(=O)c2ccccc2)C1. The molecule has 0 radical (unpaired) electrons. The zero-order chi connectivity index (χ0) is 13.2. The number of hydrogen-bond acceptors (Lipinski definition) is 3. The van der Waals surface area contributed by atoms with Gasteiger partial charge in [-0.1, -0.05) is 24.3 Å². The van der Waals surface area contributed by atoms with E-state index in [4.69, 9.17) is 5.11 Å². The number of carboxylic acids is 1. The van der Waals surface area contributed by atoms with Crippen molar-refractivity contribution in [3.63, 3.8) is 0 Å². The van der Waals surface area contributed by atoms with E-state index < -0.39 is 16.0 Å². The van der Waals surface area contributed by atoms with Gasteiger partial charge in [-0.25, -0.2) is 13.2 Å². The molecule has 5 nitrogen and oxygen atoms in total. The Morgan fingerprint density at radius 1 is 1.22 bits per heavy atom. The van der Waals surface area contributed by atoms with Gasteiger partial charge in [0.25, 0.3) is 0 Å². The van der Waals surface area contributed by atoms with Crippen LogP contribution in [0, 0.1) is 0 Å². The van der Waals surface area contributed by atoms with E-state index in [-0.39, 0.29) is 17.0 Å². The number of nitrogens with zero attached hydrogens (tertiary/aromatic N) is 1. The number of carbonyl (C=O) groups is 1. The van der Waals surface area contributed by atoms with Crippen molar-refractivity contribution in [2.24, 2.45) is 0 Å². The van der Waals surface area contributed by atoms with E-state index in [1.807, 2.05) is 0 Å². The molecule has 0 bridgehead atoms. The Morgan fingerprint density at radius 2 is 1.89 bits per heavy atom. The molecule has 0 spiro atoms. The van der Waals surface area contributed by atoms with E-state index in [0.717, 1.165) is 0 Å². The van der Waals surface area contributed by atoms with Crippen LogP contribution in [0.3, 0.4) is 0 Å². The third-order valence-electron chi connectivity index (χ3n) is 2.77. The maximum absolute atomic E-state index is 12.3. The minimum Gasteiger partial charge on any atom is -0.478 e. The number of carboxylic acid groups (broad SMARTS) is 1. The van der Waals surface area contributed by atoms with E-state index in [2.05, 4.69) is 0 Å². The number of benzene rings is 1. The van der Waals surface area contributed by atoms with Crippen molar-refractivity contribution in [2.75, 3.05) is 13.1 Å². The van der Waals surface area contributed by atoms with Crippen LogP contribution in [-0.4, -0.2) is 36.9 Å². The monoisotopic (exact) mass is 267 g/mol. The van der Waals surface area contributed by atoms with Crippen LogP contribution in [0.15, 0.2) is 46.9 Å². The van der Waals surface area contributed by atoms with Crippen molar-refractivity contribution in [3.8, 4) is 0 Å². The van der Waals surface area contributed by atoms with Gasteiger partial charge in [0.2, 0.25) is 10.0 Å². The summed E-state index contributed by atoms with van der Waals surface area (Å²) >= 11 is 0. The molecule has 1 heterocycles. The number of hydrogen-bond donors (Lipinski definition) is 1. The molecule has 0 saturated heterocycles. The second-order valence-electron chi connectivity index (χ2n) is 3.97. The van der Waals surface area contributed by atoms with Crippen molar-refractivity contribution >= 4 is 16.0 Å². The molecule has 0 atom stereocenters. The quantitative estimate of drug-likeness (QED) is 0.889. The molecule has 0 aliphatic carbocycles. The topological polar surface area (TPSA) is 74.7 Å². The fourth-order valence-corrected chi connectivity index (χ4v) is 3.27. The standard InChI is InChI=1S/C12H13NO4S/c14-12(15)10-5-4-8-13(9-10)18(16,17)11-6-2-1-3-7-11/h1-3,5-7H,4,8-9H2,(H,14,15). The summed E-state index contributed by atoms with van der Waals surface area (Å²) in [5, 5.41) is 8.90. The minimum atomic E-state index is -3.60. The van der Waals surface area contributed by atoms with Gasteiger partial charge in [0.05, 0.1) is 4.90 Å². The lowest BCUT2D eigenvalue weighted by molar-refractivity contribution is -0.132. The molecule has 0 fully saturated rings. The first-order valence-electron chi connectivity index (χ1n) is 5.49. The van der Waals surface area contributed by atoms with Gasteiger partial charge < -0.3 is 5.11 Å². The number of sulfonamides is 1. The lowest BCUT2D eigenvalue weighted by atomic mass is 10.1. The van der Waals surface area contributed by atoms with Crippen LogP contribution in [0.5, 0.6) is 0 Å². The Labute approximate surface area is 105 Å². The van der Waals surface area contributed by atoms with E-state index in [9.17, 15) is 13.2 Å². The van der Waals surface area contributed by atoms with Gasteiger partial charge in [0.15, 0.2) is 0 Å². The first-order valence-corrected chi connectivity index (χ1v) is 6.93. The maximum Gasteiger partial charge on any atom is 0.332 e. The second kappa shape index (κ2) is 4.91. The number of aliphatic carboxylic acids is 1. The smallest absolute Gasteiger partial charge is 0.332 e. The molecule has 0 aromatic heterocycles. The molecule has 1 aromatic rings. The van der Waals surface area contributed by atoms with Crippen molar-refractivity contribution < 1.29 is 18.3 Å². The Morgan fingerprint density at radius 3 is 2.50 bits per heavy atom. The minimum absolute atomic E-state index is 0.0768. The third-order valence-corrected chi connectivity index (χ3v) is 4.63. The van der Waals surface area contributed by atoms with Gasteiger partial charge in [0, 0.05) is 18.7 Å². The largest absolute Gasteiger partial charge is 0.478 e. The molecule has 96 valence electrons. The van der Waals surface area contributed by atoms with Crippen LogP contribution < -0.4 is 0 Å². The van der Waals surface area contributed by atoms with E-state index in [1.54, 1.807) is 24.3 Å². The van der Waals surface area contributed by atoms with Crippen molar-refractivity contribution in [1.29, 1.82) is 0 Å². The van der Waals surface area contributed by atoms with E-state index in [1.165, 1.54) is 16.4 Å². The molecule has 2 rings (SSSR count). The second-order valence-corrected chi connectivity index (χ2v) is 5.91. The fourth-order valence-electron chi connectivity index (χ4n) is 1.82. The van der Waals surface area contributed by atoms with Gasteiger partial charge in [0.1, 0.15) is 0 Å². The van der Waals surface area contributed by atoms with Crippen LogP contribution in [0.25, 0.3) is 0 Å². The van der Waals surface area contributed by atoms with Crippen molar-refractivity contribution in [1.82, 2.24) is 4.31 Å². The summed E-state index contributed by atoms with van der Waals surface area (Å²) in [6.07, 6.45) is 1.99. The first kappa shape index (κ1) is 12.8. The van der Waals surface area contributed by atoms with Crippen molar-refractivity contribution in [2.45, 2.75) is 11.3 Å². The first-order chi connectivity index (χ1) is 8.51. The Kier molecular flexibility index (Phi) is 3.49. The van der Waals surface area contributed by atoms with Crippen LogP contribution >= 0.6 is 0 Å². The summed E-state index contributed by atoms with van der Waals surface area (Å²) in [6.45, 7) is 0.237. The summed E-state index contributed by atoms with van der Waals surface area (Å²) in [5.74, 6) is -1.07. The van der Waals surface area contributed by atoms with Gasteiger partial charge in [-0.2, -0.15) is 4.31 Å². The van der Waals surface area contributed by atoms with Crippen LogP contribution in [-0.2, 0) is 14.8 Å². The average molecular weight is 267 g/mol. The highest BCUT2D eigenvalue weighted by molar-refractivity contribution is 7.89. The maximum atomic E-state index is 12.3. The zero-order valence-corrected chi connectivity index (χ0v) is 10.4. The highest BCUT2D eigenvalue weighted by atomic mass is 32.2. The Bertz CT molecular complexity index is 577. The molecule has 1 aliphatic rings. The van der Waals surface area contributed by atoms with Gasteiger partial charge >= 0.3 is 5.97 Å². The van der Waals surface area contributed by atoms with E-state index in [0.29, 0.717) is 13.0 Å². The Hall–Kier alpha value is -1.66. The third kappa shape index (κ3) is 2.44. The summed E-state index contributed by atoms with van der Waals surface area (Å²) in [5.41, 5.74) is 0.126. The molecule has 18 heavy (non-hydrogen) atoms. The van der Waals surface area contributed by atoms with Gasteiger partial charge in [-0.15, -0.1) is 0 Å². The molecule has 1 aromatic carbocycles. The van der Waals surface area contributed by atoms with Gasteiger partial charge in [-0.05, 0) is 18.6 Å². The predicted octanol–water partition coefficient (Wildman–Crippen LogP) is 1.09. The molecular weight excluding hydrogens is 254 g/mol. The molecule has 1 aliphatic heterocycles. The highest BCUT2D eigenvalue weighted by Gasteiger charge is 2.28. The highest BCUT2D eigenvalue weighted by Crippen LogP contribution is 2.20. The number of rotatable bonds is 3. The predicted molar refractivity (Wildman–Crippen MR) is 65.5 cm³/mol. The lowest BCUT2D eigenvalue weighted by Crippen LogP contribution is -2.37. The summed E-state index contributed by atoms with van der Waals surface area (Å²) in [4.78, 5) is 11.1. The lowest BCUT2D eigenvalue weighted by Gasteiger charge is -2.25. The molecule has 0 saturated carbocycles.